The van der Waals surface area contributed by atoms with Crippen LogP contribution in [0.4, 0.5) is 5.69 Å². The number of amides is 2. The fourth-order valence-electron chi connectivity index (χ4n) is 2.84. The van der Waals surface area contributed by atoms with Gasteiger partial charge in [-0.15, -0.1) is 0 Å². The molecule has 0 radical (unpaired) electrons. The van der Waals surface area contributed by atoms with E-state index in [9.17, 15) is 9.59 Å². The second-order valence-corrected chi connectivity index (χ2v) is 8.12. The van der Waals surface area contributed by atoms with E-state index in [1.165, 1.54) is 0 Å². The highest BCUT2D eigenvalue weighted by atomic mass is 16.2. The number of nitrogens with zero attached hydrogens (tertiary/aromatic N) is 2. The topological polar surface area (TPSA) is 62.3 Å². The number of hydrogen-bond donors (Lipinski definition) is 1. The van der Waals surface area contributed by atoms with Crippen LogP contribution in [0.15, 0.2) is 30.3 Å². The van der Waals surface area contributed by atoms with Crippen LogP contribution in [0.3, 0.4) is 0 Å². The van der Waals surface area contributed by atoms with E-state index >= 15 is 0 Å². The van der Waals surface area contributed by atoms with Gasteiger partial charge in [0.05, 0.1) is 12.2 Å². The van der Waals surface area contributed by atoms with Crippen LogP contribution < -0.4 is 5.32 Å². The quantitative estimate of drug-likeness (QED) is 0.878. The van der Waals surface area contributed by atoms with E-state index in [4.69, 9.17) is 0 Å². The molecule has 2 amide bonds. The molecular weight excluding hydrogens is 338 g/mol. The van der Waals surface area contributed by atoms with Gasteiger partial charge in [0.2, 0.25) is 5.91 Å². The first-order valence-corrected chi connectivity index (χ1v) is 9.09. The zero-order valence-corrected chi connectivity index (χ0v) is 17.3. The Kier molecular flexibility index (Phi) is 6.04. The summed E-state index contributed by atoms with van der Waals surface area (Å²) in [7, 11) is 1.77. The molecule has 2 aromatic rings. The smallest absolute Gasteiger partial charge is 0.254 e. The van der Waals surface area contributed by atoms with Gasteiger partial charge in [0, 0.05) is 29.4 Å². The number of aromatic nitrogens is 1. The molecule has 144 valence electrons. The third-order valence-electron chi connectivity index (χ3n) is 4.39. The van der Waals surface area contributed by atoms with Gasteiger partial charge in [0.25, 0.3) is 5.91 Å². The summed E-state index contributed by atoms with van der Waals surface area (Å²) in [5.41, 5.74) is 4.43. The third-order valence-corrected chi connectivity index (χ3v) is 4.39. The van der Waals surface area contributed by atoms with Gasteiger partial charge in [-0.3, -0.25) is 14.6 Å². The summed E-state index contributed by atoms with van der Waals surface area (Å²) in [6, 6.07) is 9.40. The van der Waals surface area contributed by atoms with Gasteiger partial charge in [-0.05, 0) is 56.2 Å². The number of nitrogens with one attached hydrogen (secondary N) is 1. The van der Waals surface area contributed by atoms with Crippen LogP contribution in [0.5, 0.6) is 0 Å². The number of hydrogen-bond acceptors (Lipinski definition) is 3. The fourth-order valence-corrected chi connectivity index (χ4v) is 2.84. The first kappa shape index (κ1) is 20.6. The molecule has 0 aliphatic rings. The number of rotatable bonds is 4. The van der Waals surface area contributed by atoms with E-state index in [2.05, 4.69) is 10.3 Å². The molecule has 0 saturated carbocycles. The molecule has 2 rings (SSSR count). The predicted molar refractivity (Wildman–Crippen MR) is 109 cm³/mol. The first-order valence-electron chi connectivity index (χ1n) is 9.09. The zero-order chi connectivity index (χ0) is 20.4. The molecule has 1 aromatic heterocycles. The average Bonchev–Trinajstić information content (AvgIpc) is 2.54. The van der Waals surface area contributed by atoms with Crippen molar-refractivity contribution in [2.24, 2.45) is 5.41 Å². The van der Waals surface area contributed by atoms with Crippen LogP contribution in [0.1, 0.15) is 53.6 Å². The Morgan fingerprint density at radius 3 is 2.37 bits per heavy atom. The molecule has 0 saturated heterocycles. The lowest BCUT2D eigenvalue weighted by atomic mass is 9.95. The van der Waals surface area contributed by atoms with Crippen LogP contribution in [0.2, 0.25) is 0 Å². The molecule has 0 spiro atoms. The van der Waals surface area contributed by atoms with E-state index in [1.54, 1.807) is 24.1 Å². The Morgan fingerprint density at radius 1 is 1.11 bits per heavy atom. The van der Waals surface area contributed by atoms with Gasteiger partial charge >= 0.3 is 0 Å². The Balaban J connectivity index is 2.23. The van der Waals surface area contributed by atoms with Gasteiger partial charge in [0.1, 0.15) is 0 Å². The minimum absolute atomic E-state index is 0.0806. The lowest BCUT2D eigenvalue weighted by Crippen LogP contribution is -2.29. The molecule has 0 unspecified atom stereocenters. The normalized spacial score (nSPS) is 11.2. The monoisotopic (exact) mass is 367 g/mol. The number of carbonyl (C=O) groups excluding carboxylic acids is 2. The van der Waals surface area contributed by atoms with E-state index in [1.807, 2.05) is 59.7 Å². The maximum absolute atomic E-state index is 13.0. The number of benzene rings is 1. The Hall–Kier alpha value is -2.69. The average molecular weight is 367 g/mol. The highest BCUT2D eigenvalue weighted by molar-refractivity contribution is 6.00. The van der Waals surface area contributed by atoms with Gasteiger partial charge in [-0.1, -0.05) is 26.8 Å². The summed E-state index contributed by atoms with van der Waals surface area (Å²) < 4.78 is 0. The second-order valence-electron chi connectivity index (χ2n) is 8.12. The SMILES string of the molecule is Cc1cc(C)nc(CN(C)C(=O)c2cccc(NC(=O)C(C)(C)C)c2C)c1. The van der Waals surface area contributed by atoms with E-state index in [0.29, 0.717) is 17.8 Å². The first-order chi connectivity index (χ1) is 12.5. The van der Waals surface area contributed by atoms with Gasteiger partial charge in [-0.2, -0.15) is 0 Å². The summed E-state index contributed by atoms with van der Waals surface area (Å²) >= 11 is 0. The molecular formula is C22H29N3O2. The standard InChI is InChI=1S/C22H29N3O2/c1-14-11-15(2)23-17(12-14)13-25(7)20(26)18-9-8-10-19(16(18)3)24-21(27)22(4,5)6/h8-12H,13H2,1-7H3,(H,24,27). The van der Waals surface area contributed by atoms with Crippen molar-refractivity contribution in [3.8, 4) is 0 Å². The van der Waals surface area contributed by atoms with Crippen molar-refractivity contribution in [3.05, 3.63) is 58.4 Å². The molecule has 0 aliphatic carbocycles. The molecule has 0 fully saturated rings. The van der Waals surface area contributed by atoms with Crippen molar-refractivity contribution < 1.29 is 9.59 Å². The zero-order valence-electron chi connectivity index (χ0n) is 17.3. The Bertz CT molecular complexity index is 846. The molecule has 1 aromatic carbocycles. The lowest BCUT2D eigenvalue weighted by molar-refractivity contribution is -0.123. The molecule has 27 heavy (non-hydrogen) atoms. The summed E-state index contributed by atoms with van der Waals surface area (Å²) in [6.07, 6.45) is 0. The van der Waals surface area contributed by atoms with Crippen molar-refractivity contribution in [3.63, 3.8) is 0 Å². The number of anilines is 1. The minimum Gasteiger partial charge on any atom is -0.336 e. The third kappa shape index (κ3) is 5.16. The van der Waals surface area contributed by atoms with Crippen LogP contribution >= 0.6 is 0 Å². The van der Waals surface area contributed by atoms with Gasteiger partial charge in [-0.25, -0.2) is 0 Å². The van der Waals surface area contributed by atoms with E-state index in [0.717, 1.165) is 22.5 Å². The maximum atomic E-state index is 13.0. The summed E-state index contributed by atoms with van der Waals surface area (Å²) in [5, 5.41) is 2.93. The molecule has 0 atom stereocenters. The molecule has 1 heterocycles. The van der Waals surface area contributed by atoms with Crippen LogP contribution in [-0.4, -0.2) is 28.7 Å². The largest absolute Gasteiger partial charge is 0.336 e. The summed E-state index contributed by atoms with van der Waals surface area (Å²) in [5.74, 6) is -0.177. The molecule has 5 nitrogen and oxygen atoms in total. The highest BCUT2D eigenvalue weighted by Crippen LogP contribution is 2.23. The second kappa shape index (κ2) is 7.91. The molecule has 1 N–H and O–H groups in total. The summed E-state index contributed by atoms with van der Waals surface area (Å²) in [6.45, 7) is 11.8. The van der Waals surface area contributed by atoms with Gasteiger partial charge in [0.15, 0.2) is 0 Å². The van der Waals surface area contributed by atoms with Crippen molar-refractivity contribution in [2.45, 2.75) is 48.1 Å². The number of pyridine rings is 1. The lowest BCUT2D eigenvalue weighted by Gasteiger charge is -2.22. The molecule has 0 bridgehead atoms. The van der Waals surface area contributed by atoms with E-state index < -0.39 is 5.41 Å². The summed E-state index contributed by atoms with van der Waals surface area (Å²) in [4.78, 5) is 31.4. The van der Waals surface area contributed by atoms with E-state index in [-0.39, 0.29) is 11.8 Å². The van der Waals surface area contributed by atoms with Crippen molar-refractivity contribution >= 4 is 17.5 Å². The maximum Gasteiger partial charge on any atom is 0.254 e. The van der Waals surface area contributed by atoms with Crippen LogP contribution in [0, 0.1) is 26.2 Å². The Labute approximate surface area is 161 Å². The van der Waals surface area contributed by atoms with Crippen molar-refractivity contribution in [1.82, 2.24) is 9.88 Å². The van der Waals surface area contributed by atoms with Crippen molar-refractivity contribution in [2.75, 3.05) is 12.4 Å². The van der Waals surface area contributed by atoms with Gasteiger partial charge < -0.3 is 10.2 Å². The Morgan fingerprint density at radius 2 is 1.78 bits per heavy atom. The molecule has 5 heteroatoms. The number of aryl methyl sites for hydroxylation is 2. The minimum atomic E-state index is -0.502. The van der Waals surface area contributed by atoms with Crippen molar-refractivity contribution in [1.29, 1.82) is 0 Å². The number of carbonyl (C=O) groups is 2. The van der Waals surface area contributed by atoms with Crippen LogP contribution in [-0.2, 0) is 11.3 Å². The van der Waals surface area contributed by atoms with Crippen LogP contribution in [0.25, 0.3) is 0 Å². The fraction of sp³-hybridized carbons (Fsp3) is 0.409. The predicted octanol–water partition coefficient (Wildman–Crippen LogP) is 4.26. The molecule has 0 aliphatic heterocycles. The highest BCUT2D eigenvalue weighted by Gasteiger charge is 2.23.